The number of hydrogen-bond acceptors (Lipinski definition) is 3. The quantitative estimate of drug-likeness (QED) is 0.759. The van der Waals surface area contributed by atoms with Gasteiger partial charge in [0.05, 0.1) is 11.4 Å². The van der Waals surface area contributed by atoms with E-state index in [4.69, 9.17) is 0 Å². The molecule has 0 bridgehead atoms. The van der Waals surface area contributed by atoms with Crippen LogP contribution in [0.2, 0.25) is 0 Å². The van der Waals surface area contributed by atoms with Gasteiger partial charge in [0.1, 0.15) is 11.8 Å². The Morgan fingerprint density at radius 2 is 2.22 bits per heavy atom. The Balaban J connectivity index is 2.03. The first kappa shape index (κ1) is 11.0. The highest BCUT2D eigenvalue weighted by Crippen LogP contribution is 2.21. The first-order valence-corrected chi connectivity index (χ1v) is 5.93. The van der Waals surface area contributed by atoms with Crippen LogP contribution in [0.25, 0.3) is 5.65 Å². The van der Waals surface area contributed by atoms with E-state index in [2.05, 4.69) is 10.1 Å². The van der Waals surface area contributed by atoms with Crippen LogP contribution in [0.4, 0.5) is 0 Å². The topological polar surface area (TPSA) is 55.3 Å². The molecular formula is C13H14N4O. The number of hydrogen-bond donors (Lipinski definition) is 1. The Morgan fingerprint density at radius 1 is 1.33 bits per heavy atom. The molecule has 0 saturated heterocycles. The number of nitrogens with zero attached hydrogens (tertiary/aromatic N) is 4. The normalized spacial score (nSPS) is 13.0. The van der Waals surface area contributed by atoms with Crippen molar-refractivity contribution in [2.75, 3.05) is 0 Å². The van der Waals surface area contributed by atoms with Crippen molar-refractivity contribution in [1.29, 1.82) is 0 Å². The van der Waals surface area contributed by atoms with E-state index in [-0.39, 0.29) is 0 Å². The molecule has 1 N–H and O–H groups in total. The summed E-state index contributed by atoms with van der Waals surface area (Å²) in [5, 5.41) is 14.5. The van der Waals surface area contributed by atoms with Crippen molar-refractivity contribution in [1.82, 2.24) is 19.2 Å². The Morgan fingerprint density at radius 3 is 3.00 bits per heavy atom. The third kappa shape index (κ3) is 1.69. The third-order valence-corrected chi connectivity index (χ3v) is 2.99. The van der Waals surface area contributed by atoms with Gasteiger partial charge in [-0.15, -0.1) is 0 Å². The summed E-state index contributed by atoms with van der Waals surface area (Å²) in [4.78, 5) is 4.42. The molecule has 3 aromatic heterocycles. The third-order valence-electron chi connectivity index (χ3n) is 2.99. The fourth-order valence-electron chi connectivity index (χ4n) is 2.08. The highest BCUT2D eigenvalue weighted by atomic mass is 16.3. The number of aryl methyl sites for hydroxylation is 1. The van der Waals surface area contributed by atoms with Crippen LogP contribution >= 0.6 is 0 Å². The van der Waals surface area contributed by atoms with Crippen molar-refractivity contribution in [2.45, 2.75) is 19.6 Å². The lowest BCUT2D eigenvalue weighted by atomic mass is 10.2. The van der Waals surface area contributed by atoms with Gasteiger partial charge in [-0.1, -0.05) is 6.07 Å². The van der Waals surface area contributed by atoms with Gasteiger partial charge in [-0.25, -0.2) is 4.98 Å². The fourth-order valence-corrected chi connectivity index (χ4v) is 2.08. The zero-order chi connectivity index (χ0) is 12.5. The zero-order valence-corrected chi connectivity index (χ0v) is 10.1. The highest BCUT2D eigenvalue weighted by Gasteiger charge is 2.17. The van der Waals surface area contributed by atoms with Crippen molar-refractivity contribution in [3.05, 3.63) is 54.2 Å². The fraction of sp³-hybridized carbons (Fsp3) is 0.231. The molecule has 5 nitrogen and oxygen atoms in total. The Hall–Kier alpha value is -2.14. The molecule has 0 spiro atoms. The molecule has 0 aliphatic carbocycles. The summed E-state index contributed by atoms with van der Waals surface area (Å²) >= 11 is 0. The van der Waals surface area contributed by atoms with Crippen LogP contribution in [-0.4, -0.2) is 24.3 Å². The Kier molecular flexibility index (Phi) is 2.60. The predicted octanol–water partition coefficient (Wildman–Crippen LogP) is 1.63. The van der Waals surface area contributed by atoms with Gasteiger partial charge in [0.2, 0.25) is 0 Å². The van der Waals surface area contributed by atoms with Gasteiger partial charge in [-0.3, -0.25) is 4.68 Å². The number of imidazole rings is 1. The number of pyridine rings is 1. The number of aliphatic hydroxyl groups is 1. The standard InChI is InChI=1S/C13H14N4O/c1-2-17-11(6-7-14-17)13(18)10-9-16-8-4-3-5-12(16)15-10/h3-9,13,18H,2H2,1H3. The summed E-state index contributed by atoms with van der Waals surface area (Å²) in [6.07, 6.45) is 4.70. The van der Waals surface area contributed by atoms with E-state index in [1.807, 2.05) is 48.0 Å². The lowest BCUT2D eigenvalue weighted by molar-refractivity contribution is 0.204. The number of rotatable bonds is 3. The first-order valence-electron chi connectivity index (χ1n) is 5.93. The van der Waals surface area contributed by atoms with Gasteiger partial charge < -0.3 is 9.51 Å². The van der Waals surface area contributed by atoms with Crippen LogP contribution in [-0.2, 0) is 6.54 Å². The SMILES string of the molecule is CCn1nccc1C(O)c1cn2ccccc2n1. The summed E-state index contributed by atoms with van der Waals surface area (Å²) in [5.41, 5.74) is 2.23. The van der Waals surface area contributed by atoms with Crippen LogP contribution in [0.15, 0.2) is 42.9 Å². The maximum absolute atomic E-state index is 10.4. The maximum Gasteiger partial charge on any atom is 0.139 e. The molecule has 0 fully saturated rings. The van der Waals surface area contributed by atoms with E-state index in [1.165, 1.54) is 0 Å². The molecular weight excluding hydrogens is 228 g/mol. The molecule has 0 aliphatic heterocycles. The molecule has 0 saturated carbocycles. The molecule has 0 aliphatic rings. The van der Waals surface area contributed by atoms with Crippen molar-refractivity contribution in [3.63, 3.8) is 0 Å². The second-order valence-electron chi connectivity index (χ2n) is 4.11. The summed E-state index contributed by atoms with van der Waals surface area (Å²) in [7, 11) is 0. The average molecular weight is 242 g/mol. The molecule has 3 rings (SSSR count). The molecule has 18 heavy (non-hydrogen) atoms. The van der Waals surface area contributed by atoms with Crippen LogP contribution in [0.1, 0.15) is 24.4 Å². The van der Waals surface area contributed by atoms with Gasteiger partial charge in [-0.05, 0) is 25.1 Å². The van der Waals surface area contributed by atoms with Crippen LogP contribution in [0.5, 0.6) is 0 Å². The van der Waals surface area contributed by atoms with Gasteiger partial charge >= 0.3 is 0 Å². The van der Waals surface area contributed by atoms with Crippen LogP contribution in [0.3, 0.4) is 0 Å². The van der Waals surface area contributed by atoms with E-state index >= 15 is 0 Å². The van der Waals surface area contributed by atoms with Crippen LogP contribution < -0.4 is 0 Å². The minimum Gasteiger partial charge on any atom is -0.380 e. The largest absolute Gasteiger partial charge is 0.380 e. The Labute approximate surface area is 104 Å². The second-order valence-corrected chi connectivity index (χ2v) is 4.11. The summed E-state index contributed by atoms with van der Waals surface area (Å²) in [6, 6.07) is 7.58. The van der Waals surface area contributed by atoms with Gasteiger partial charge in [0.25, 0.3) is 0 Å². The summed E-state index contributed by atoms with van der Waals surface area (Å²) < 4.78 is 3.67. The first-order chi connectivity index (χ1) is 8.79. The molecule has 1 unspecified atom stereocenters. The summed E-state index contributed by atoms with van der Waals surface area (Å²) in [5.74, 6) is 0. The second kappa shape index (κ2) is 4.27. The van der Waals surface area contributed by atoms with Crippen molar-refractivity contribution in [2.24, 2.45) is 0 Å². The van der Waals surface area contributed by atoms with Crippen molar-refractivity contribution >= 4 is 5.65 Å². The van der Waals surface area contributed by atoms with E-state index in [1.54, 1.807) is 10.9 Å². The molecule has 0 radical (unpaired) electrons. The number of fused-ring (bicyclic) bond motifs is 1. The average Bonchev–Trinajstić information content (AvgIpc) is 3.03. The Bertz CT molecular complexity index is 637. The lowest BCUT2D eigenvalue weighted by Crippen LogP contribution is -2.09. The predicted molar refractivity (Wildman–Crippen MR) is 67.2 cm³/mol. The van der Waals surface area contributed by atoms with Crippen LogP contribution in [0, 0.1) is 0 Å². The molecule has 1 atom stereocenters. The van der Waals surface area contributed by atoms with E-state index in [0.29, 0.717) is 5.69 Å². The molecule has 5 heteroatoms. The lowest BCUT2D eigenvalue weighted by Gasteiger charge is -2.09. The minimum absolute atomic E-state index is 0.636. The zero-order valence-electron chi connectivity index (χ0n) is 10.1. The van der Waals surface area contributed by atoms with Crippen molar-refractivity contribution in [3.8, 4) is 0 Å². The van der Waals surface area contributed by atoms with E-state index in [9.17, 15) is 5.11 Å². The molecule has 0 amide bonds. The smallest absolute Gasteiger partial charge is 0.139 e. The number of aromatic nitrogens is 4. The monoisotopic (exact) mass is 242 g/mol. The highest BCUT2D eigenvalue weighted by molar-refractivity contribution is 5.40. The van der Waals surface area contributed by atoms with Gasteiger partial charge in [0.15, 0.2) is 0 Å². The van der Waals surface area contributed by atoms with E-state index in [0.717, 1.165) is 17.9 Å². The molecule has 3 aromatic rings. The minimum atomic E-state index is -0.743. The maximum atomic E-state index is 10.4. The molecule has 0 aromatic carbocycles. The van der Waals surface area contributed by atoms with Gasteiger partial charge in [-0.2, -0.15) is 5.10 Å². The molecule has 3 heterocycles. The number of aliphatic hydroxyl groups excluding tert-OH is 1. The van der Waals surface area contributed by atoms with Crippen molar-refractivity contribution < 1.29 is 5.11 Å². The van der Waals surface area contributed by atoms with Gasteiger partial charge in [0, 0.05) is 25.1 Å². The summed E-state index contributed by atoms with van der Waals surface area (Å²) in [6.45, 7) is 2.72. The molecule has 92 valence electrons. The van der Waals surface area contributed by atoms with E-state index < -0.39 is 6.10 Å².